The predicted molar refractivity (Wildman–Crippen MR) is 79.5 cm³/mol. The van der Waals surface area contributed by atoms with Crippen LogP contribution in [0.5, 0.6) is 17.2 Å². The smallest absolute Gasteiger partial charge is 0.196 e. The third-order valence-corrected chi connectivity index (χ3v) is 4.09. The Kier molecular flexibility index (Phi) is 3.50. The normalized spacial score (nSPS) is 20.5. The summed E-state index contributed by atoms with van der Waals surface area (Å²) < 4.78 is 5.17. The van der Waals surface area contributed by atoms with Crippen molar-refractivity contribution in [3.8, 4) is 17.2 Å². The number of Topliss-reactive ketones (excluding diaryl/α,β-unsaturated/α-hetero) is 1. The monoisotopic (exact) mass is 300 g/mol. The maximum Gasteiger partial charge on any atom is 0.196 e. The molecule has 0 heterocycles. The number of hydrogen-bond acceptors (Lipinski definition) is 5. The minimum absolute atomic E-state index is 0.0225. The molecule has 0 aromatic heterocycles. The molecule has 2 aromatic carbocycles. The second-order valence-corrected chi connectivity index (χ2v) is 5.33. The van der Waals surface area contributed by atoms with Gasteiger partial charge in [0.25, 0.3) is 0 Å². The van der Waals surface area contributed by atoms with Crippen molar-refractivity contribution in [2.24, 2.45) is 0 Å². The Labute approximate surface area is 127 Å². The maximum absolute atomic E-state index is 12.5. The molecule has 0 unspecified atom stereocenters. The number of aliphatic hydroxyl groups excluding tert-OH is 1. The first-order chi connectivity index (χ1) is 10.5. The van der Waals surface area contributed by atoms with Crippen LogP contribution in [0.1, 0.15) is 27.4 Å². The highest BCUT2D eigenvalue weighted by atomic mass is 16.5. The second-order valence-electron chi connectivity index (χ2n) is 5.33. The lowest BCUT2D eigenvalue weighted by Crippen LogP contribution is -2.35. The van der Waals surface area contributed by atoms with Crippen molar-refractivity contribution in [2.45, 2.75) is 18.4 Å². The molecule has 2 aromatic rings. The number of carbonyl (C=O) groups is 1. The highest BCUT2D eigenvalue weighted by molar-refractivity contribution is 6.05. The van der Waals surface area contributed by atoms with E-state index in [1.54, 1.807) is 0 Å². The van der Waals surface area contributed by atoms with E-state index in [1.807, 2.05) is 30.3 Å². The maximum atomic E-state index is 12.5. The van der Waals surface area contributed by atoms with E-state index in [2.05, 4.69) is 0 Å². The Bertz CT molecular complexity index is 724. The molecule has 0 saturated carbocycles. The molecular formula is C17H16O5. The van der Waals surface area contributed by atoms with Crippen LogP contribution in [-0.4, -0.2) is 34.3 Å². The van der Waals surface area contributed by atoms with Gasteiger partial charge in [-0.2, -0.15) is 0 Å². The summed E-state index contributed by atoms with van der Waals surface area (Å²) in [6.45, 7) is 0. The highest BCUT2D eigenvalue weighted by Crippen LogP contribution is 2.45. The van der Waals surface area contributed by atoms with Crippen molar-refractivity contribution in [3.05, 3.63) is 53.1 Å². The zero-order valence-corrected chi connectivity index (χ0v) is 12.0. The standard InChI is InChI=1S/C17H16O5/c1-22-17-11-7-10(9-5-3-2-4-6-9)15(20)16(21)14(11)12(18)8-13(17)19/h2-6,8,10,15,18-20H,7H2,1H3/t10-,15-/m0/s1. The van der Waals surface area contributed by atoms with Gasteiger partial charge in [0, 0.05) is 17.5 Å². The SMILES string of the molecule is COc1c(O)cc(O)c2c1C[C@@H](c1ccccc1)[C@H](O)C2=O. The lowest BCUT2D eigenvalue weighted by atomic mass is 9.76. The van der Waals surface area contributed by atoms with Crippen molar-refractivity contribution in [1.82, 2.24) is 0 Å². The van der Waals surface area contributed by atoms with E-state index in [-0.39, 0.29) is 29.2 Å². The first kappa shape index (κ1) is 14.4. The quantitative estimate of drug-likeness (QED) is 0.789. The molecule has 0 radical (unpaired) electrons. The summed E-state index contributed by atoms with van der Waals surface area (Å²) >= 11 is 0. The van der Waals surface area contributed by atoms with Gasteiger partial charge in [-0.1, -0.05) is 30.3 Å². The van der Waals surface area contributed by atoms with Crippen molar-refractivity contribution >= 4 is 5.78 Å². The lowest BCUT2D eigenvalue weighted by molar-refractivity contribution is 0.0658. The molecule has 0 aliphatic heterocycles. The van der Waals surface area contributed by atoms with E-state index in [0.717, 1.165) is 11.6 Å². The van der Waals surface area contributed by atoms with Gasteiger partial charge in [0.2, 0.25) is 0 Å². The van der Waals surface area contributed by atoms with Crippen LogP contribution in [0, 0.1) is 0 Å². The summed E-state index contributed by atoms with van der Waals surface area (Å²) in [7, 11) is 1.39. The number of benzene rings is 2. The van der Waals surface area contributed by atoms with Crippen LogP contribution in [0.4, 0.5) is 0 Å². The highest BCUT2D eigenvalue weighted by Gasteiger charge is 2.39. The average molecular weight is 300 g/mol. The van der Waals surface area contributed by atoms with Crippen LogP contribution < -0.4 is 4.74 Å². The Morgan fingerprint density at radius 2 is 1.82 bits per heavy atom. The molecule has 5 heteroatoms. The van der Waals surface area contributed by atoms with Gasteiger partial charge in [-0.05, 0) is 12.0 Å². The molecular weight excluding hydrogens is 284 g/mol. The van der Waals surface area contributed by atoms with Gasteiger partial charge in [0.15, 0.2) is 17.3 Å². The number of methoxy groups -OCH3 is 1. The van der Waals surface area contributed by atoms with E-state index in [1.165, 1.54) is 7.11 Å². The molecule has 0 saturated heterocycles. The summed E-state index contributed by atoms with van der Waals surface area (Å²) in [6, 6.07) is 10.2. The summed E-state index contributed by atoms with van der Waals surface area (Å²) in [5.74, 6) is -1.42. The number of rotatable bonds is 2. The van der Waals surface area contributed by atoms with Gasteiger partial charge < -0.3 is 20.1 Å². The van der Waals surface area contributed by atoms with E-state index in [9.17, 15) is 20.1 Å². The largest absolute Gasteiger partial charge is 0.507 e. The minimum Gasteiger partial charge on any atom is -0.507 e. The molecule has 1 aliphatic rings. The minimum atomic E-state index is -1.24. The molecule has 114 valence electrons. The summed E-state index contributed by atoms with van der Waals surface area (Å²) in [5, 5.41) is 30.2. The van der Waals surface area contributed by atoms with E-state index >= 15 is 0 Å². The number of phenolic OH excluding ortho intramolecular Hbond substituents is 2. The molecule has 3 rings (SSSR count). The Morgan fingerprint density at radius 3 is 2.45 bits per heavy atom. The fraction of sp³-hybridized carbons (Fsp3) is 0.235. The van der Waals surface area contributed by atoms with Crippen LogP contribution in [0.15, 0.2) is 36.4 Å². The van der Waals surface area contributed by atoms with E-state index < -0.39 is 17.8 Å². The Balaban J connectivity index is 2.17. The van der Waals surface area contributed by atoms with Crippen LogP contribution in [0.3, 0.4) is 0 Å². The number of phenols is 2. The first-order valence-corrected chi connectivity index (χ1v) is 6.93. The number of fused-ring (bicyclic) bond motifs is 1. The van der Waals surface area contributed by atoms with Crippen molar-refractivity contribution in [2.75, 3.05) is 7.11 Å². The van der Waals surface area contributed by atoms with Gasteiger partial charge in [0.1, 0.15) is 11.9 Å². The van der Waals surface area contributed by atoms with Gasteiger partial charge in [-0.15, -0.1) is 0 Å². The third kappa shape index (κ3) is 2.10. The fourth-order valence-electron chi connectivity index (χ4n) is 3.05. The average Bonchev–Trinajstić information content (AvgIpc) is 2.51. The van der Waals surface area contributed by atoms with Gasteiger partial charge in [0.05, 0.1) is 12.7 Å². The van der Waals surface area contributed by atoms with E-state index in [0.29, 0.717) is 5.56 Å². The number of aromatic hydroxyl groups is 2. The number of carbonyl (C=O) groups excluding carboxylic acids is 1. The van der Waals surface area contributed by atoms with Crippen LogP contribution >= 0.6 is 0 Å². The zero-order valence-electron chi connectivity index (χ0n) is 12.0. The molecule has 22 heavy (non-hydrogen) atoms. The first-order valence-electron chi connectivity index (χ1n) is 6.93. The Hall–Kier alpha value is -2.53. The van der Waals surface area contributed by atoms with Gasteiger partial charge in [-0.3, -0.25) is 4.79 Å². The van der Waals surface area contributed by atoms with Gasteiger partial charge >= 0.3 is 0 Å². The lowest BCUT2D eigenvalue weighted by Gasteiger charge is -2.30. The predicted octanol–water partition coefficient (Wildman–Crippen LogP) is 1.99. The second kappa shape index (κ2) is 5.35. The third-order valence-electron chi connectivity index (χ3n) is 4.09. The number of ketones is 1. The number of ether oxygens (including phenoxy) is 1. The molecule has 3 N–H and O–H groups in total. The zero-order chi connectivity index (χ0) is 15.9. The number of aliphatic hydroxyl groups is 1. The summed E-state index contributed by atoms with van der Waals surface area (Å²) in [6.07, 6.45) is -0.952. The molecule has 0 bridgehead atoms. The molecule has 0 fully saturated rings. The van der Waals surface area contributed by atoms with Gasteiger partial charge in [-0.25, -0.2) is 0 Å². The topological polar surface area (TPSA) is 87.0 Å². The molecule has 5 nitrogen and oxygen atoms in total. The summed E-state index contributed by atoms with van der Waals surface area (Å²) in [5.41, 5.74) is 1.26. The molecule has 1 aliphatic carbocycles. The molecule has 0 spiro atoms. The summed E-state index contributed by atoms with van der Waals surface area (Å²) in [4.78, 5) is 12.5. The van der Waals surface area contributed by atoms with Crippen molar-refractivity contribution in [3.63, 3.8) is 0 Å². The van der Waals surface area contributed by atoms with Crippen molar-refractivity contribution < 1.29 is 24.9 Å². The fourth-order valence-corrected chi connectivity index (χ4v) is 3.05. The van der Waals surface area contributed by atoms with E-state index in [4.69, 9.17) is 4.74 Å². The van der Waals surface area contributed by atoms with Crippen LogP contribution in [0.25, 0.3) is 0 Å². The number of hydrogen-bond donors (Lipinski definition) is 3. The van der Waals surface area contributed by atoms with Crippen LogP contribution in [0.2, 0.25) is 0 Å². The van der Waals surface area contributed by atoms with Crippen LogP contribution in [-0.2, 0) is 6.42 Å². The molecule has 0 amide bonds. The molecule has 2 atom stereocenters. The Morgan fingerprint density at radius 1 is 1.14 bits per heavy atom. The van der Waals surface area contributed by atoms with Crippen molar-refractivity contribution in [1.29, 1.82) is 0 Å².